The van der Waals surface area contributed by atoms with Crippen LogP contribution in [0.3, 0.4) is 0 Å². The zero-order chi connectivity index (χ0) is 13.8. The standard InChI is InChI=1S/C14H11Cl2NO2/c15-10-5-3-6-11(16)13(10)14(19)17-12-7-2-1-4-9(12)8-18/h1-7,18H,8H2,(H,17,19). The molecule has 0 fully saturated rings. The average Bonchev–Trinajstić information content (AvgIpc) is 2.39. The van der Waals surface area contributed by atoms with Crippen LogP contribution < -0.4 is 5.32 Å². The third kappa shape index (κ3) is 3.07. The van der Waals surface area contributed by atoms with Gasteiger partial charge in [0.25, 0.3) is 5.91 Å². The number of hydrogen-bond acceptors (Lipinski definition) is 2. The van der Waals surface area contributed by atoms with Crippen LogP contribution in [0.4, 0.5) is 5.69 Å². The summed E-state index contributed by atoms with van der Waals surface area (Å²) >= 11 is 11.9. The molecule has 0 unspecified atom stereocenters. The van der Waals surface area contributed by atoms with E-state index in [0.717, 1.165) is 0 Å². The first kappa shape index (κ1) is 13.9. The maximum absolute atomic E-state index is 12.2. The van der Waals surface area contributed by atoms with Crippen molar-refractivity contribution in [2.45, 2.75) is 6.61 Å². The summed E-state index contributed by atoms with van der Waals surface area (Å²) in [4.78, 5) is 12.2. The minimum absolute atomic E-state index is 0.160. The molecule has 0 saturated heterocycles. The van der Waals surface area contributed by atoms with Gasteiger partial charge in [-0.15, -0.1) is 0 Å². The molecular weight excluding hydrogens is 285 g/mol. The zero-order valence-electron chi connectivity index (χ0n) is 9.86. The van der Waals surface area contributed by atoms with E-state index in [1.165, 1.54) is 0 Å². The summed E-state index contributed by atoms with van der Waals surface area (Å²) in [6.45, 7) is -0.160. The molecule has 19 heavy (non-hydrogen) atoms. The smallest absolute Gasteiger partial charge is 0.258 e. The number of rotatable bonds is 3. The van der Waals surface area contributed by atoms with Gasteiger partial charge >= 0.3 is 0 Å². The van der Waals surface area contributed by atoms with Crippen LogP contribution in [0, 0.1) is 0 Å². The Morgan fingerprint density at radius 1 is 1.05 bits per heavy atom. The van der Waals surface area contributed by atoms with Crippen LogP contribution in [0.25, 0.3) is 0 Å². The Morgan fingerprint density at radius 3 is 2.32 bits per heavy atom. The summed E-state index contributed by atoms with van der Waals surface area (Å²) in [5.41, 5.74) is 1.38. The van der Waals surface area contributed by atoms with E-state index >= 15 is 0 Å². The van der Waals surface area contributed by atoms with Gasteiger partial charge in [0, 0.05) is 11.3 Å². The number of aliphatic hydroxyl groups excluding tert-OH is 1. The summed E-state index contributed by atoms with van der Waals surface area (Å²) in [7, 11) is 0. The molecule has 0 bridgehead atoms. The topological polar surface area (TPSA) is 49.3 Å². The third-order valence-electron chi connectivity index (χ3n) is 2.63. The van der Waals surface area contributed by atoms with Gasteiger partial charge in [-0.05, 0) is 18.2 Å². The van der Waals surface area contributed by atoms with Crippen LogP contribution in [0.5, 0.6) is 0 Å². The number of benzene rings is 2. The van der Waals surface area contributed by atoms with Crippen LogP contribution in [0.1, 0.15) is 15.9 Å². The molecule has 98 valence electrons. The van der Waals surface area contributed by atoms with E-state index in [9.17, 15) is 9.90 Å². The highest BCUT2D eigenvalue weighted by Gasteiger charge is 2.15. The number of hydrogen-bond donors (Lipinski definition) is 2. The Bertz CT molecular complexity index is 594. The second-order valence-electron chi connectivity index (χ2n) is 3.87. The minimum Gasteiger partial charge on any atom is -0.392 e. The number of carbonyl (C=O) groups excluding carboxylic acids is 1. The maximum atomic E-state index is 12.2. The van der Waals surface area contributed by atoms with Crippen molar-refractivity contribution in [1.82, 2.24) is 0 Å². The maximum Gasteiger partial charge on any atom is 0.258 e. The van der Waals surface area contributed by atoms with Crippen LogP contribution in [0.15, 0.2) is 42.5 Å². The van der Waals surface area contributed by atoms with Crippen LogP contribution in [-0.2, 0) is 6.61 Å². The van der Waals surface area contributed by atoms with Gasteiger partial charge in [-0.25, -0.2) is 0 Å². The fourth-order valence-electron chi connectivity index (χ4n) is 1.68. The highest BCUT2D eigenvalue weighted by molar-refractivity contribution is 6.40. The Morgan fingerprint density at radius 2 is 1.68 bits per heavy atom. The van der Waals surface area contributed by atoms with Gasteiger partial charge in [0.05, 0.1) is 22.2 Å². The first-order valence-corrected chi connectivity index (χ1v) is 6.33. The Labute approximate surface area is 120 Å². The number of carbonyl (C=O) groups is 1. The molecule has 0 aromatic heterocycles. The van der Waals surface area contributed by atoms with Crippen molar-refractivity contribution in [3.8, 4) is 0 Å². The van der Waals surface area contributed by atoms with Gasteiger partial charge in [0.1, 0.15) is 0 Å². The predicted molar refractivity (Wildman–Crippen MR) is 76.8 cm³/mol. The van der Waals surface area contributed by atoms with E-state index in [0.29, 0.717) is 11.3 Å². The van der Waals surface area contributed by atoms with Crippen molar-refractivity contribution in [1.29, 1.82) is 0 Å². The van der Waals surface area contributed by atoms with Crippen molar-refractivity contribution in [3.63, 3.8) is 0 Å². The monoisotopic (exact) mass is 295 g/mol. The lowest BCUT2D eigenvalue weighted by atomic mass is 10.1. The number of aliphatic hydroxyl groups is 1. The third-order valence-corrected chi connectivity index (χ3v) is 3.26. The molecule has 0 aliphatic rings. The highest BCUT2D eigenvalue weighted by Crippen LogP contribution is 2.26. The molecule has 2 aromatic carbocycles. The molecule has 3 nitrogen and oxygen atoms in total. The lowest BCUT2D eigenvalue weighted by Gasteiger charge is -2.11. The number of anilines is 1. The SMILES string of the molecule is O=C(Nc1ccccc1CO)c1c(Cl)cccc1Cl. The van der Waals surface area contributed by atoms with Gasteiger partial charge in [0.2, 0.25) is 0 Å². The molecule has 1 amide bonds. The van der Waals surface area contributed by atoms with E-state index in [4.69, 9.17) is 23.2 Å². The number of nitrogens with one attached hydrogen (secondary N) is 1. The van der Waals surface area contributed by atoms with Gasteiger partial charge in [-0.3, -0.25) is 4.79 Å². The van der Waals surface area contributed by atoms with Crippen molar-refractivity contribution < 1.29 is 9.90 Å². The molecule has 2 rings (SSSR count). The van der Waals surface area contributed by atoms with Gasteiger partial charge in [0.15, 0.2) is 0 Å². The van der Waals surface area contributed by atoms with E-state index in [1.807, 2.05) is 0 Å². The molecule has 2 aromatic rings. The molecule has 0 heterocycles. The summed E-state index contributed by atoms with van der Waals surface area (Å²) in [5, 5.41) is 12.5. The van der Waals surface area contributed by atoms with Crippen molar-refractivity contribution in [3.05, 3.63) is 63.6 Å². The molecule has 0 aliphatic carbocycles. The fraction of sp³-hybridized carbons (Fsp3) is 0.0714. The first-order chi connectivity index (χ1) is 9.13. The van der Waals surface area contributed by atoms with Gasteiger partial charge in [-0.1, -0.05) is 47.5 Å². The van der Waals surface area contributed by atoms with Crippen LogP contribution in [0.2, 0.25) is 10.0 Å². The first-order valence-electron chi connectivity index (χ1n) is 5.57. The minimum atomic E-state index is -0.406. The van der Waals surface area contributed by atoms with Gasteiger partial charge in [-0.2, -0.15) is 0 Å². The summed E-state index contributed by atoms with van der Waals surface area (Å²) in [6.07, 6.45) is 0. The summed E-state index contributed by atoms with van der Waals surface area (Å²) in [6, 6.07) is 11.8. The Balaban J connectivity index is 2.31. The molecule has 0 radical (unpaired) electrons. The molecule has 5 heteroatoms. The second kappa shape index (κ2) is 6.06. The Hall–Kier alpha value is -1.55. The lowest BCUT2D eigenvalue weighted by molar-refractivity contribution is 0.102. The number of amides is 1. The molecule has 0 spiro atoms. The number of halogens is 2. The molecular formula is C14H11Cl2NO2. The molecule has 2 N–H and O–H groups in total. The lowest BCUT2D eigenvalue weighted by Crippen LogP contribution is -2.14. The fourth-order valence-corrected chi connectivity index (χ4v) is 2.25. The second-order valence-corrected chi connectivity index (χ2v) is 4.68. The van der Waals surface area contributed by atoms with Gasteiger partial charge < -0.3 is 10.4 Å². The van der Waals surface area contributed by atoms with Crippen molar-refractivity contribution >= 4 is 34.8 Å². The Kier molecular flexibility index (Phi) is 4.43. The average molecular weight is 296 g/mol. The normalized spacial score (nSPS) is 10.3. The summed E-state index contributed by atoms with van der Waals surface area (Å²) in [5.74, 6) is -0.406. The highest BCUT2D eigenvalue weighted by atomic mass is 35.5. The van der Waals surface area contributed by atoms with Crippen LogP contribution in [-0.4, -0.2) is 11.0 Å². The van der Waals surface area contributed by atoms with Crippen molar-refractivity contribution in [2.75, 3.05) is 5.32 Å². The quantitative estimate of drug-likeness (QED) is 0.906. The largest absolute Gasteiger partial charge is 0.392 e. The van der Waals surface area contributed by atoms with E-state index in [-0.39, 0.29) is 22.2 Å². The molecule has 0 saturated carbocycles. The molecule has 0 aliphatic heterocycles. The predicted octanol–water partition coefficient (Wildman–Crippen LogP) is 3.74. The summed E-state index contributed by atoms with van der Waals surface area (Å²) < 4.78 is 0. The zero-order valence-corrected chi connectivity index (χ0v) is 11.4. The van der Waals surface area contributed by atoms with Crippen molar-refractivity contribution in [2.24, 2.45) is 0 Å². The number of para-hydroxylation sites is 1. The molecule has 0 atom stereocenters. The van der Waals surface area contributed by atoms with E-state index in [1.54, 1.807) is 42.5 Å². The van der Waals surface area contributed by atoms with E-state index < -0.39 is 5.91 Å². The van der Waals surface area contributed by atoms with Crippen LogP contribution >= 0.6 is 23.2 Å². The van der Waals surface area contributed by atoms with E-state index in [2.05, 4.69) is 5.32 Å².